The van der Waals surface area contributed by atoms with Crippen LogP contribution in [-0.2, 0) is 14.3 Å². The number of esters is 1. The quantitative estimate of drug-likeness (QED) is 0.609. The van der Waals surface area contributed by atoms with Crippen LogP contribution in [0.4, 0.5) is 0 Å². The van der Waals surface area contributed by atoms with Gasteiger partial charge < -0.3 is 10.1 Å². The molecule has 1 unspecified atom stereocenters. The van der Waals surface area contributed by atoms with Gasteiger partial charge in [-0.15, -0.1) is 0 Å². The molecule has 2 N–H and O–H groups in total. The standard InChI is InChI=1S/C10H20N2O3/c1-7(2)8(3)12-9(13)5-11-6-10(14)15-4/h7-8,11H,5-6H2,1-4H3,(H,12,13). The van der Waals surface area contributed by atoms with Crippen molar-refractivity contribution < 1.29 is 14.3 Å². The first-order valence-electron chi connectivity index (χ1n) is 5.04. The molecule has 0 aromatic carbocycles. The van der Waals surface area contributed by atoms with Crippen LogP contribution < -0.4 is 10.6 Å². The van der Waals surface area contributed by atoms with Gasteiger partial charge in [0.05, 0.1) is 20.2 Å². The molecule has 1 amide bonds. The Labute approximate surface area is 90.6 Å². The lowest BCUT2D eigenvalue weighted by atomic mass is 10.1. The molecular formula is C10H20N2O3. The molecule has 5 heteroatoms. The van der Waals surface area contributed by atoms with E-state index in [9.17, 15) is 9.59 Å². The second-order valence-corrected chi connectivity index (χ2v) is 3.78. The third kappa shape index (κ3) is 6.90. The lowest BCUT2D eigenvalue weighted by molar-refractivity contribution is -0.139. The smallest absolute Gasteiger partial charge is 0.319 e. The lowest BCUT2D eigenvalue weighted by Crippen LogP contribution is -2.42. The molecule has 0 aromatic rings. The van der Waals surface area contributed by atoms with E-state index in [1.54, 1.807) is 0 Å². The number of methoxy groups -OCH3 is 1. The predicted octanol–water partition coefficient (Wildman–Crippen LogP) is -0.0903. The minimum atomic E-state index is -0.375. The molecular weight excluding hydrogens is 196 g/mol. The highest BCUT2D eigenvalue weighted by molar-refractivity contribution is 5.79. The van der Waals surface area contributed by atoms with Crippen molar-refractivity contribution in [1.82, 2.24) is 10.6 Å². The van der Waals surface area contributed by atoms with Crippen LogP contribution in [0.1, 0.15) is 20.8 Å². The molecule has 0 saturated heterocycles. The minimum absolute atomic E-state index is 0.0555. The van der Waals surface area contributed by atoms with E-state index in [1.807, 2.05) is 20.8 Å². The summed E-state index contributed by atoms with van der Waals surface area (Å²) in [6.07, 6.45) is 0. The summed E-state index contributed by atoms with van der Waals surface area (Å²) in [5.41, 5.74) is 0. The van der Waals surface area contributed by atoms with E-state index >= 15 is 0 Å². The number of ether oxygens (including phenoxy) is 1. The van der Waals surface area contributed by atoms with Crippen molar-refractivity contribution in [2.45, 2.75) is 26.8 Å². The number of hydrogen-bond donors (Lipinski definition) is 2. The number of rotatable bonds is 6. The molecule has 88 valence electrons. The molecule has 0 aromatic heterocycles. The number of amides is 1. The number of nitrogens with one attached hydrogen (secondary N) is 2. The normalized spacial score (nSPS) is 12.3. The summed E-state index contributed by atoms with van der Waals surface area (Å²) >= 11 is 0. The van der Waals surface area contributed by atoms with Crippen molar-refractivity contribution in [2.75, 3.05) is 20.2 Å². The van der Waals surface area contributed by atoms with Crippen molar-refractivity contribution >= 4 is 11.9 Å². The second-order valence-electron chi connectivity index (χ2n) is 3.78. The Morgan fingerprint density at radius 1 is 1.20 bits per heavy atom. The summed E-state index contributed by atoms with van der Waals surface area (Å²) in [5, 5.41) is 5.51. The molecule has 5 nitrogen and oxygen atoms in total. The highest BCUT2D eigenvalue weighted by Gasteiger charge is 2.10. The first-order chi connectivity index (χ1) is 6.97. The van der Waals surface area contributed by atoms with Crippen molar-refractivity contribution in [3.8, 4) is 0 Å². The zero-order valence-corrected chi connectivity index (χ0v) is 9.79. The summed E-state index contributed by atoms with van der Waals surface area (Å²) in [7, 11) is 1.31. The first-order valence-corrected chi connectivity index (χ1v) is 5.04. The number of hydrogen-bond acceptors (Lipinski definition) is 4. The maximum absolute atomic E-state index is 11.3. The lowest BCUT2D eigenvalue weighted by Gasteiger charge is -2.17. The predicted molar refractivity (Wildman–Crippen MR) is 57.3 cm³/mol. The molecule has 0 radical (unpaired) electrons. The fourth-order valence-electron chi connectivity index (χ4n) is 0.822. The Bertz CT molecular complexity index is 217. The maximum atomic E-state index is 11.3. The van der Waals surface area contributed by atoms with Gasteiger partial charge >= 0.3 is 5.97 Å². The third-order valence-corrected chi connectivity index (χ3v) is 2.17. The van der Waals surface area contributed by atoms with Crippen LogP contribution in [0.5, 0.6) is 0 Å². The number of carbonyl (C=O) groups excluding carboxylic acids is 2. The molecule has 0 saturated carbocycles. The Kier molecular flexibility index (Phi) is 6.70. The molecule has 15 heavy (non-hydrogen) atoms. The summed E-state index contributed by atoms with van der Waals surface area (Å²) in [5.74, 6) is -0.0885. The van der Waals surface area contributed by atoms with Gasteiger partial charge in [-0.25, -0.2) is 0 Å². The molecule has 0 spiro atoms. The van der Waals surface area contributed by atoms with E-state index in [0.717, 1.165) is 0 Å². The zero-order valence-electron chi connectivity index (χ0n) is 9.79. The molecule has 0 rings (SSSR count). The Morgan fingerprint density at radius 3 is 2.27 bits per heavy atom. The van der Waals surface area contributed by atoms with E-state index < -0.39 is 0 Å². The number of carbonyl (C=O) groups is 2. The monoisotopic (exact) mass is 216 g/mol. The van der Waals surface area contributed by atoms with Crippen LogP contribution in [0, 0.1) is 5.92 Å². The van der Waals surface area contributed by atoms with Gasteiger partial charge in [-0.1, -0.05) is 13.8 Å². The summed E-state index contributed by atoms with van der Waals surface area (Å²) in [6.45, 7) is 6.20. The van der Waals surface area contributed by atoms with E-state index in [1.165, 1.54) is 7.11 Å². The molecule has 0 fully saturated rings. The average molecular weight is 216 g/mol. The van der Waals surface area contributed by atoms with Gasteiger partial charge in [0.15, 0.2) is 0 Å². The van der Waals surface area contributed by atoms with Gasteiger partial charge in [0.25, 0.3) is 0 Å². The highest BCUT2D eigenvalue weighted by Crippen LogP contribution is 1.98. The van der Waals surface area contributed by atoms with Crippen LogP contribution in [0.25, 0.3) is 0 Å². The van der Waals surface area contributed by atoms with Crippen LogP contribution in [0.3, 0.4) is 0 Å². The van der Waals surface area contributed by atoms with Crippen molar-refractivity contribution in [3.05, 3.63) is 0 Å². The van der Waals surface area contributed by atoms with E-state index in [4.69, 9.17) is 0 Å². The van der Waals surface area contributed by atoms with Crippen LogP contribution >= 0.6 is 0 Å². The van der Waals surface area contributed by atoms with E-state index in [-0.39, 0.29) is 31.0 Å². The summed E-state index contributed by atoms with van der Waals surface area (Å²) < 4.78 is 4.42. The Balaban J connectivity index is 3.62. The van der Waals surface area contributed by atoms with Crippen molar-refractivity contribution in [1.29, 1.82) is 0 Å². The topological polar surface area (TPSA) is 67.4 Å². The molecule has 0 aliphatic rings. The van der Waals surface area contributed by atoms with Gasteiger partial charge in [-0.2, -0.15) is 0 Å². The third-order valence-electron chi connectivity index (χ3n) is 2.17. The van der Waals surface area contributed by atoms with Gasteiger partial charge in [0, 0.05) is 6.04 Å². The van der Waals surface area contributed by atoms with Crippen LogP contribution in [-0.4, -0.2) is 38.1 Å². The SMILES string of the molecule is COC(=O)CNCC(=O)NC(C)C(C)C. The van der Waals surface area contributed by atoms with Crippen molar-refractivity contribution in [2.24, 2.45) is 5.92 Å². The highest BCUT2D eigenvalue weighted by atomic mass is 16.5. The second kappa shape index (κ2) is 7.23. The van der Waals surface area contributed by atoms with Crippen LogP contribution in [0.15, 0.2) is 0 Å². The molecule has 0 aliphatic heterocycles. The van der Waals surface area contributed by atoms with Gasteiger partial charge in [-0.3, -0.25) is 14.9 Å². The van der Waals surface area contributed by atoms with Gasteiger partial charge in [0.2, 0.25) is 5.91 Å². The van der Waals surface area contributed by atoms with E-state index in [2.05, 4.69) is 15.4 Å². The molecule has 0 aliphatic carbocycles. The Hall–Kier alpha value is -1.10. The van der Waals surface area contributed by atoms with Gasteiger partial charge in [-0.05, 0) is 12.8 Å². The zero-order chi connectivity index (χ0) is 11.8. The largest absolute Gasteiger partial charge is 0.468 e. The average Bonchev–Trinajstić information content (AvgIpc) is 2.17. The first kappa shape index (κ1) is 13.9. The van der Waals surface area contributed by atoms with Crippen molar-refractivity contribution in [3.63, 3.8) is 0 Å². The Morgan fingerprint density at radius 2 is 1.80 bits per heavy atom. The molecule has 0 bridgehead atoms. The van der Waals surface area contributed by atoms with Gasteiger partial charge in [0.1, 0.15) is 0 Å². The fraction of sp³-hybridized carbons (Fsp3) is 0.800. The molecule has 1 atom stereocenters. The summed E-state index contributed by atoms with van der Waals surface area (Å²) in [6, 6.07) is 0.137. The van der Waals surface area contributed by atoms with Crippen LogP contribution in [0.2, 0.25) is 0 Å². The summed E-state index contributed by atoms with van der Waals surface area (Å²) in [4.78, 5) is 22.0. The van der Waals surface area contributed by atoms with E-state index in [0.29, 0.717) is 5.92 Å². The fourth-order valence-corrected chi connectivity index (χ4v) is 0.822. The maximum Gasteiger partial charge on any atom is 0.319 e. The molecule has 0 heterocycles. The minimum Gasteiger partial charge on any atom is -0.468 e.